The van der Waals surface area contributed by atoms with E-state index in [2.05, 4.69) is 30.7 Å². The number of amides is 1. The van der Waals surface area contributed by atoms with Crippen molar-refractivity contribution in [1.29, 1.82) is 0 Å². The number of pyridine rings is 1. The van der Waals surface area contributed by atoms with Crippen LogP contribution < -0.4 is 0 Å². The van der Waals surface area contributed by atoms with Crippen molar-refractivity contribution >= 4 is 18.1 Å². The monoisotopic (exact) mass is 573 g/mol. The predicted octanol–water partition coefficient (Wildman–Crippen LogP) is 8.05. The standard InChI is InChI=1S/C18H17F2N3O.C8H18.C7H14O2/c1-11-9-22-17(6-12(11)10-21-2)13-7-16(20)14(8-15(13)19)18(24)23-4-3-5-23;1-4-6-8(3)7-5-2;1-6(8)9-5-7(2,3)4/h6-10H,3-5H2,1-2H3;8H,4-7H2,1-3H3;5H2,1-4H3. The number of aryl methyl sites for hydroxylation is 1. The predicted molar refractivity (Wildman–Crippen MR) is 163 cm³/mol. The Labute approximate surface area is 245 Å². The summed E-state index contributed by atoms with van der Waals surface area (Å²) in [7, 11) is 1.63. The molecule has 2 aromatic rings. The highest BCUT2D eigenvalue weighted by Gasteiger charge is 2.26. The SMILES string of the molecule is CC(=O)OCC(C)(C)C.CCCC(C)CCC.CN=Cc1cc(-c2cc(F)c(C(=O)N3CCC3)cc2F)ncc1C. The Balaban J connectivity index is 0.000000408. The molecule has 0 bridgehead atoms. The molecule has 0 radical (unpaired) electrons. The van der Waals surface area contributed by atoms with E-state index >= 15 is 0 Å². The van der Waals surface area contributed by atoms with Gasteiger partial charge in [-0.05, 0) is 54.0 Å². The van der Waals surface area contributed by atoms with E-state index in [0.29, 0.717) is 25.4 Å². The van der Waals surface area contributed by atoms with E-state index < -0.39 is 17.5 Å². The molecule has 1 aromatic heterocycles. The Morgan fingerprint density at radius 2 is 1.71 bits per heavy atom. The van der Waals surface area contributed by atoms with Crippen molar-refractivity contribution in [1.82, 2.24) is 9.88 Å². The molecule has 1 aliphatic heterocycles. The first-order valence-corrected chi connectivity index (χ1v) is 14.5. The van der Waals surface area contributed by atoms with Gasteiger partial charge < -0.3 is 9.64 Å². The normalized spacial score (nSPS) is 12.7. The highest BCUT2D eigenvalue weighted by atomic mass is 19.1. The Bertz CT molecular complexity index is 1150. The van der Waals surface area contributed by atoms with E-state index in [4.69, 9.17) is 4.74 Å². The van der Waals surface area contributed by atoms with Gasteiger partial charge in [-0.2, -0.15) is 0 Å². The second kappa shape index (κ2) is 17.6. The summed E-state index contributed by atoms with van der Waals surface area (Å²) >= 11 is 0. The maximum Gasteiger partial charge on any atom is 0.302 e. The Kier molecular flexibility index (Phi) is 15.4. The number of carbonyl (C=O) groups excluding carboxylic acids is 2. The van der Waals surface area contributed by atoms with Gasteiger partial charge in [-0.3, -0.25) is 19.6 Å². The number of ether oxygens (including phenoxy) is 1. The Hall–Kier alpha value is -3.16. The summed E-state index contributed by atoms with van der Waals surface area (Å²) in [6.45, 7) is 17.9. The van der Waals surface area contributed by atoms with Gasteiger partial charge in [-0.25, -0.2) is 8.78 Å². The number of hydrogen-bond acceptors (Lipinski definition) is 5. The van der Waals surface area contributed by atoms with Crippen molar-refractivity contribution in [3.63, 3.8) is 0 Å². The summed E-state index contributed by atoms with van der Waals surface area (Å²) in [5.41, 5.74) is 1.84. The number of rotatable bonds is 8. The molecule has 0 spiro atoms. The summed E-state index contributed by atoms with van der Waals surface area (Å²) in [5, 5.41) is 0. The quantitative estimate of drug-likeness (QED) is 0.237. The van der Waals surface area contributed by atoms with Gasteiger partial charge in [-0.15, -0.1) is 0 Å². The van der Waals surface area contributed by atoms with Gasteiger partial charge >= 0.3 is 5.97 Å². The van der Waals surface area contributed by atoms with Crippen molar-refractivity contribution in [3.05, 3.63) is 52.7 Å². The summed E-state index contributed by atoms with van der Waals surface area (Å²) in [6, 6.07) is 3.64. The molecule has 6 nitrogen and oxygen atoms in total. The van der Waals surface area contributed by atoms with Gasteiger partial charge in [0.25, 0.3) is 5.91 Å². The van der Waals surface area contributed by atoms with Gasteiger partial charge in [0.05, 0.1) is 17.9 Å². The van der Waals surface area contributed by atoms with Gasteiger partial charge in [0.15, 0.2) is 0 Å². The molecular weight excluding hydrogens is 524 g/mol. The van der Waals surface area contributed by atoms with E-state index in [0.717, 1.165) is 35.6 Å². The number of aliphatic imine (C=N–C) groups is 1. The molecule has 1 saturated heterocycles. The minimum atomic E-state index is -0.739. The van der Waals surface area contributed by atoms with Crippen LogP contribution in [0.1, 0.15) is 102 Å². The van der Waals surface area contributed by atoms with Gasteiger partial charge in [0.2, 0.25) is 0 Å². The van der Waals surface area contributed by atoms with Gasteiger partial charge in [0.1, 0.15) is 11.6 Å². The van der Waals surface area contributed by atoms with Gasteiger partial charge in [0, 0.05) is 45.0 Å². The first-order valence-electron chi connectivity index (χ1n) is 14.5. The number of aromatic nitrogens is 1. The summed E-state index contributed by atoms with van der Waals surface area (Å²) < 4.78 is 33.6. The van der Waals surface area contributed by atoms with Crippen LogP contribution in [0.3, 0.4) is 0 Å². The molecule has 0 unspecified atom stereocenters. The third-order valence-electron chi connectivity index (χ3n) is 6.39. The molecule has 1 amide bonds. The van der Waals surface area contributed by atoms with Crippen LogP contribution in [0.15, 0.2) is 29.4 Å². The maximum absolute atomic E-state index is 14.5. The van der Waals surface area contributed by atoms with E-state index in [9.17, 15) is 18.4 Å². The minimum Gasteiger partial charge on any atom is -0.465 e. The number of hydrogen-bond donors (Lipinski definition) is 0. The first-order chi connectivity index (χ1) is 19.2. The Morgan fingerprint density at radius 3 is 2.15 bits per heavy atom. The largest absolute Gasteiger partial charge is 0.465 e. The van der Waals surface area contributed by atoms with Crippen molar-refractivity contribution in [3.8, 4) is 11.3 Å². The zero-order valence-electron chi connectivity index (χ0n) is 26.4. The number of halogens is 2. The summed E-state index contributed by atoms with van der Waals surface area (Å²) in [4.78, 5) is 32.0. The topological polar surface area (TPSA) is 71.9 Å². The molecule has 3 rings (SSSR count). The van der Waals surface area contributed by atoms with Crippen LogP contribution in [-0.4, -0.2) is 54.7 Å². The fourth-order valence-electron chi connectivity index (χ4n) is 4.01. The lowest BCUT2D eigenvalue weighted by atomic mass is 9.99. The molecule has 0 aliphatic carbocycles. The third-order valence-corrected chi connectivity index (χ3v) is 6.39. The average Bonchev–Trinajstić information content (AvgIpc) is 2.85. The lowest BCUT2D eigenvalue weighted by molar-refractivity contribution is -0.143. The molecule has 8 heteroatoms. The number of carbonyl (C=O) groups is 2. The fourth-order valence-corrected chi connectivity index (χ4v) is 4.01. The molecule has 1 aromatic carbocycles. The van der Waals surface area contributed by atoms with E-state index in [1.807, 2.05) is 27.7 Å². The second-order valence-electron chi connectivity index (χ2n) is 11.8. The molecular formula is C33H49F2N3O3. The van der Waals surface area contributed by atoms with Crippen LogP contribution in [-0.2, 0) is 9.53 Å². The molecule has 41 heavy (non-hydrogen) atoms. The minimum absolute atomic E-state index is 0.0263. The van der Waals surface area contributed by atoms with E-state index in [1.54, 1.807) is 25.5 Å². The van der Waals surface area contributed by atoms with Crippen molar-refractivity contribution in [2.45, 2.75) is 87.5 Å². The van der Waals surface area contributed by atoms with Crippen molar-refractivity contribution in [2.24, 2.45) is 16.3 Å². The van der Waals surface area contributed by atoms with Crippen LogP contribution in [0.4, 0.5) is 8.78 Å². The Morgan fingerprint density at radius 1 is 1.10 bits per heavy atom. The van der Waals surface area contributed by atoms with Crippen LogP contribution in [0.2, 0.25) is 0 Å². The highest BCUT2D eigenvalue weighted by molar-refractivity contribution is 5.95. The lowest BCUT2D eigenvalue weighted by Gasteiger charge is -2.31. The first kappa shape index (κ1) is 35.9. The zero-order chi connectivity index (χ0) is 31.2. The van der Waals surface area contributed by atoms with Crippen molar-refractivity contribution in [2.75, 3.05) is 26.7 Å². The molecule has 1 aliphatic rings. The number of nitrogens with zero attached hydrogens (tertiary/aromatic N) is 3. The number of esters is 1. The summed E-state index contributed by atoms with van der Waals surface area (Å²) in [5.74, 6) is -1.12. The smallest absolute Gasteiger partial charge is 0.302 e. The van der Waals surface area contributed by atoms with Crippen LogP contribution in [0.5, 0.6) is 0 Å². The van der Waals surface area contributed by atoms with Gasteiger partial charge in [-0.1, -0.05) is 67.2 Å². The number of likely N-dealkylation sites (tertiary alicyclic amines) is 1. The molecule has 0 saturated carbocycles. The second-order valence-corrected chi connectivity index (χ2v) is 11.8. The molecule has 228 valence electrons. The third kappa shape index (κ3) is 12.9. The van der Waals surface area contributed by atoms with Crippen LogP contribution in [0, 0.1) is 29.9 Å². The molecule has 0 N–H and O–H groups in total. The zero-order valence-corrected chi connectivity index (χ0v) is 26.4. The molecule has 2 heterocycles. The molecule has 0 atom stereocenters. The van der Waals surface area contributed by atoms with Crippen LogP contribution >= 0.6 is 0 Å². The maximum atomic E-state index is 14.5. The van der Waals surface area contributed by atoms with Crippen molar-refractivity contribution < 1.29 is 23.1 Å². The lowest BCUT2D eigenvalue weighted by Crippen LogP contribution is -2.42. The van der Waals surface area contributed by atoms with Crippen LogP contribution in [0.25, 0.3) is 11.3 Å². The molecule has 1 fully saturated rings. The number of benzene rings is 1. The fraction of sp³-hybridized carbons (Fsp3) is 0.576. The highest BCUT2D eigenvalue weighted by Crippen LogP contribution is 2.27. The van der Waals surface area contributed by atoms with E-state index in [1.165, 1.54) is 37.5 Å². The summed E-state index contributed by atoms with van der Waals surface area (Å²) in [6.07, 6.45) is 9.63. The average molecular weight is 574 g/mol. The van der Waals surface area contributed by atoms with E-state index in [-0.39, 0.29) is 22.5 Å².